The summed E-state index contributed by atoms with van der Waals surface area (Å²) >= 11 is 2.79. The molecule has 158 valence electrons. The highest BCUT2D eigenvalue weighted by Crippen LogP contribution is 2.42. The molecule has 11 heteroatoms. The van der Waals surface area contributed by atoms with Crippen LogP contribution in [0, 0.1) is 17.7 Å². The predicted octanol–water partition coefficient (Wildman–Crippen LogP) is 3.33. The average Bonchev–Trinajstić information content (AvgIpc) is 2.95. The predicted molar refractivity (Wildman–Crippen MR) is 94.6 cm³/mol. The monoisotopic (exact) mass is 480 g/mol. The minimum absolute atomic E-state index is 0.00326. The number of alkyl halides is 3. The summed E-state index contributed by atoms with van der Waals surface area (Å²) in [5.74, 6) is -1.55. The Bertz CT molecular complexity index is 851. The molecule has 0 unspecified atom stereocenters. The Labute approximate surface area is 171 Å². The van der Waals surface area contributed by atoms with Crippen LogP contribution < -0.4 is 10.1 Å². The van der Waals surface area contributed by atoms with Crippen molar-refractivity contribution in [2.24, 2.45) is 11.8 Å². The van der Waals surface area contributed by atoms with Crippen molar-refractivity contribution in [3.63, 3.8) is 0 Å². The van der Waals surface area contributed by atoms with E-state index in [9.17, 15) is 27.2 Å². The molecule has 3 fully saturated rings. The number of halogens is 5. The summed E-state index contributed by atoms with van der Waals surface area (Å²) in [7, 11) is 0. The Morgan fingerprint density at radius 2 is 2.03 bits per heavy atom. The number of likely N-dealkylation sites (tertiary alicyclic amines) is 1. The average molecular weight is 481 g/mol. The Kier molecular flexibility index (Phi) is 4.91. The SMILES string of the molecule is O=C1N[C@]2(CO1)C[C@H](C(=O)N1CC(COc3cc(Br)c(C(F)(F)F)cc3F)C1)C2. The van der Waals surface area contributed by atoms with Gasteiger partial charge in [-0.1, -0.05) is 15.9 Å². The van der Waals surface area contributed by atoms with Crippen LogP contribution >= 0.6 is 15.9 Å². The maximum atomic E-state index is 13.9. The van der Waals surface area contributed by atoms with Crippen molar-refractivity contribution in [3.05, 3.63) is 28.0 Å². The van der Waals surface area contributed by atoms with Gasteiger partial charge in [-0.15, -0.1) is 0 Å². The van der Waals surface area contributed by atoms with Gasteiger partial charge in [0.25, 0.3) is 0 Å². The highest BCUT2D eigenvalue weighted by Gasteiger charge is 2.54. The van der Waals surface area contributed by atoms with Crippen LogP contribution in [-0.2, 0) is 15.7 Å². The van der Waals surface area contributed by atoms with Crippen molar-refractivity contribution < 1.29 is 36.6 Å². The van der Waals surface area contributed by atoms with E-state index in [4.69, 9.17) is 9.47 Å². The molecule has 2 aliphatic heterocycles. The van der Waals surface area contributed by atoms with Crippen LogP contribution in [-0.4, -0.2) is 48.7 Å². The second kappa shape index (κ2) is 7.03. The van der Waals surface area contributed by atoms with Gasteiger partial charge in [-0.2, -0.15) is 13.2 Å². The molecule has 0 radical (unpaired) electrons. The molecule has 2 heterocycles. The number of alkyl carbamates (subject to hydrolysis) is 1. The zero-order chi connectivity index (χ0) is 21.0. The lowest BCUT2D eigenvalue weighted by molar-refractivity contribution is -0.148. The quantitative estimate of drug-likeness (QED) is 0.671. The van der Waals surface area contributed by atoms with E-state index in [0.29, 0.717) is 32.0 Å². The van der Waals surface area contributed by atoms with E-state index >= 15 is 0 Å². The largest absolute Gasteiger partial charge is 0.490 e. The highest BCUT2D eigenvalue weighted by atomic mass is 79.9. The lowest BCUT2D eigenvalue weighted by Crippen LogP contribution is -2.61. The van der Waals surface area contributed by atoms with Crippen LogP contribution in [0.1, 0.15) is 18.4 Å². The van der Waals surface area contributed by atoms with Gasteiger partial charge in [0.15, 0.2) is 11.6 Å². The van der Waals surface area contributed by atoms with Gasteiger partial charge in [-0.05, 0) is 25.0 Å². The summed E-state index contributed by atoms with van der Waals surface area (Å²) < 4.78 is 62.1. The summed E-state index contributed by atoms with van der Waals surface area (Å²) in [6, 6.07) is 1.36. The molecule has 6 nitrogen and oxygen atoms in total. The maximum absolute atomic E-state index is 13.9. The van der Waals surface area contributed by atoms with Gasteiger partial charge in [0.2, 0.25) is 5.91 Å². The Balaban J connectivity index is 1.24. The first kappa shape index (κ1) is 20.2. The number of ether oxygens (including phenoxy) is 2. The molecular formula is C18H17BrF4N2O4. The van der Waals surface area contributed by atoms with Crippen molar-refractivity contribution >= 4 is 27.9 Å². The Hall–Kier alpha value is -2.04. The molecule has 4 rings (SSSR count). The third-order valence-electron chi connectivity index (χ3n) is 5.54. The van der Waals surface area contributed by atoms with Gasteiger partial charge >= 0.3 is 12.3 Å². The van der Waals surface area contributed by atoms with Crippen molar-refractivity contribution in [1.29, 1.82) is 0 Å². The summed E-state index contributed by atoms with van der Waals surface area (Å²) in [6.45, 7) is 1.25. The van der Waals surface area contributed by atoms with E-state index in [0.717, 1.165) is 6.07 Å². The van der Waals surface area contributed by atoms with E-state index in [1.54, 1.807) is 4.90 Å². The van der Waals surface area contributed by atoms with Gasteiger partial charge in [-0.3, -0.25) is 4.79 Å². The first-order valence-electron chi connectivity index (χ1n) is 8.99. The lowest BCUT2D eigenvalue weighted by Gasteiger charge is -2.47. The number of nitrogens with one attached hydrogen (secondary N) is 1. The summed E-state index contributed by atoms with van der Waals surface area (Å²) in [6.07, 6.45) is -4.04. The topological polar surface area (TPSA) is 67.9 Å². The van der Waals surface area contributed by atoms with Crippen LogP contribution in [0.15, 0.2) is 16.6 Å². The smallest absolute Gasteiger partial charge is 0.417 e. The molecule has 1 aromatic rings. The molecular weight excluding hydrogens is 464 g/mol. The van der Waals surface area contributed by atoms with Crippen LogP contribution in [0.2, 0.25) is 0 Å². The third kappa shape index (κ3) is 3.88. The van der Waals surface area contributed by atoms with Crippen LogP contribution in [0.3, 0.4) is 0 Å². The molecule has 1 aromatic carbocycles. The summed E-state index contributed by atoms with van der Waals surface area (Å²) in [4.78, 5) is 25.3. The number of benzene rings is 1. The fourth-order valence-electron chi connectivity index (χ4n) is 3.95. The fraction of sp³-hybridized carbons (Fsp3) is 0.556. The molecule has 1 N–H and O–H groups in total. The Morgan fingerprint density at radius 3 is 2.62 bits per heavy atom. The van der Waals surface area contributed by atoms with E-state index in [-0.39, 0.29) is 41.2 Å². The molecule has 1 aliphatic carbocycles. The molecule has 0 bridgehead atoms. The molecule has 2 amide bonds. The summed E-state index contributed by atoms with van der Waals surface area (Å²) in [5, 5.41) is 2.74. The third-order valence-corrected chi connectivity index (χ3v) is 6.20. The van der Waals surface area contributed by atoms with Gasteiger partial charge in [0.1, 0.15) is 6.61 Å². The number of rotatable bonds is 4. The van der Waals surface area contributed by atoms with Crippen LogP contribution in [0.5, 0.6) is 5.75 Å². The standard InChI is InChI=1S/C18H17BrF4N2O4/c19-12-2-14(13(20)1-11(12)18(21,22)23)28-7-9-5-25(6-9)15(26)10-3-17(4-10)8-29-16(27)24-17/h1-2,9-10H,3-8H2,(H,24,27)/t10-,17+. The number of nitrogens with zero attached hydrogens (tertiary/aromatic N) is 1. The molecule has 0 atom stereocenters. The number of cyclic esters (lactones) is 1. The van der Waals surface area contributed by atoms with E-state index < -0.39 is 29.2 Å². The molecule has 1 spiro atoms. The molecule has 1 saturated carbocycles. The Morgan fingerprint density at radius 1 is 1.34 bits per heavy atom. The number of hydrogen-bond donors (Lipinski definition) is 1. The van der Waals surface area contributed by atoms with Gasteiger partial charge in [0, 0.05) is 29.4 Å². The lowest BCUT2D eigenvalue weighted by atomic mass is 9.68. The van der Waals surface area contributed by atoms with E-state index in [1.807, 2.05) is 0 Å². The maximum Gasteiger partial charge on any atom is 0.417 e. The second-order valence-electron chi connectivity index (χ2n) is 7.77. The van der Waals surface area contributed by atoms with E-state index in [2.05, 4.69) is 21.2 Å². The normalized spacial score (nSPS) is 26.6. The minimum atomic E-state index is -4.67. The molecule has 3 aliphatic rings. The van der Waals surface area contributed by atoms with Gasteiger partial charge in [-0.25, -0.2) is 9.18 Å². The number of hydrogen-bond acceptors (Lipinski definition) is 4. The molecule has 29 heavy (non-hydrogen) atoms. The number of carbonyl (C=O) groups excluding carboxylic acids is 2. The number of amides is 2. The first-order valence-corrected chi connectivity index (χ1v) is 9.78. The second-order valence-corrected chi connectivity index (χ2v) is 8.62. The van der Waals surface area contributed by atoms with E-state index in [1.165, 1.54) is 0 Å². The molecule has 2 saturated heterocycles. The van der Waals surface area contributed by atoms with Crippen molar-refractivity contribution in [1.82, 2.24) is 10.2 Å². The van der Waals surface area contributed by atoms with Crippen molar-refractivity contribution in [2.45, 2.75) is 24.6 Å². The minimum Gasteiger partial charge on any atom is -0.490 e. The highest BCUT2D eigenvalue weighted by molar-refractivity contribution is 9.10. The van der Waals surface area contributed by atoms with Crippen LogP contribution in [0.4, 0.5) is 22.4 Å². The zero-order valence-electron chi connectivity index (χ0n) is 15.0. The van der Waals surface area contributed by atoms with Crippen LogP contribution in [0.25, 0.3) is 0 Å². The van der Waals surface area contributed by atoms with Gasteiger partial charge < -0.3 is 19.7 Å². The first-order chi connectivity index (χ1) is 13.6. The zero-order valence-corrected chi connectivity index (χ0v) is 16.6. The summed E-state index contributed by atoms with van der Waals surface area (Å²) in [5.41, 5.74) is -1.52. The fourth-order valence-corrected chi connectivity index (χ4v) is 4.50. The van der Waals surface area contributed by atoms with Crippen molar-refractivity contribution in [2.75, 3.05) is 26.3 Å². The van der Waals surface area contributed by atoms with Gasteiger partial charge in [0.05, 0.1) is 17.7 Å². The van der Waals surface area contributed by atoms with Crippen molar-refractivity contribution in [3.8, 4) is 5.75 Å². The molecule has 0 aromatic heterocycles. The number of carbonyl (C=O) groups is 2.